The van der Waals surface area contributed by atoms with Crippen LogP contribution in [0.4, 0.5) is 9.39 Å². The molecule has 1 N–H and O–H groups in total. The average molecular weight is 520 g/mol. The summed E-state index contributed by atoms with van der Waals surface area (Å²) < 4.78 is 20.9. The van der Waals surface area contributed by atoms with Crippen molar-refractivity contribution >= 4 is 67.4 Å². The number of thiazole rings is 1. The lowest BCUT2D eigenvalue weighted by Gasteiger charge is -2.06. The zero-order valence-corrected chi connectivity index (χ0v) is 20.8. The van der Waals surface area contributed by atoms with Crippen LogP contribution in [0.1, 0.15) is 27.2 Å². The zero-order valence-electron chi connectivity index (χ0n) is 18.4. The van der Waals surface area contributed by atoms with Crippen molar-refractivity contribution in [1.82, 2.24) is 4.57 Å². The Kier molecular flexibility index (Phi) is 7.64. The van der Waals surface area contributed by atoms with Crippen molar-refractivity contribution in [2.45, 2.75) is 25.8 Å². The van der Waals surface area contributed by atoms with Gasteiger partial charge in [0.25, 0.3) is 5.91 Å². The highest BCUT2D eigenvalue weighted by Crippen LogP contribution is 2.39. The van der Waals surface area contributed by atoms with Crippen LogP contribution in [-0.4, -0.2) is 41.0 Å². The van der Waals surface area contributed by atoms with Crippen LogP contribution >= 0.6 is 34.4 Å². The van der Waals surface area contributed by atoms with Gasteiger partial charge in [-0.25, -0.2) is 9.18 Å². The Morgan fingerprint density at radius 3 is 2.88 bits per heavy atom. The van der Waals surface area contributed by atoms with Crippen LogP contribution in [0.3, 0.4) is 0 Å². The number of rotatable bonds is 8. The minimum atomic E-state index is -0.452. The van der Waals surface area contributed by atoms with Crippen LogP contribution in [0.2, 0.25) is 0 Å². The summed E-state index contributed by atoms with van der Waals surface area (Å²) in [6.45, 7) is 4.16. The third kappa shape index (κ3) is 5.16. The van der Waals surface area contributed by atoms with Gasteiger partial charge in [0.1, 0.15) is 10.8 Å². The van der Waals surface area contributed by atoms with Crippen molar-refractivity contribution in [2.24, 2.45) is 4.99 Å². The molecule has 0 saturated carbocycles. The second-order valence-electron chi connectivity index (χ2n) is 7.50. The number of methoxy groups -OCH3 is 1. The maximum atomic E-state index is 13.6. The molecule has 3 aromatic rings. The monoisotopic (exact) mass is 519 g/mol. The van der Waals surface area contributed by atoms with Crippen molar-refractivity contribution in [3.05, 3.63) is 57.5 Å². The Morgan fingerprint density at radius 1 is 1.29 bits per heavy atom. The number of benzene rings is 1. The van der Waals surface area contributed by atoms with E-state index >= 15 is 0 Å². The van der Waals surface area contributed by atoms with Crippen LogP contribution in [0.25, 0.3) is 10.2 Å². The molecule has 4 rings (SSSR count). The number of hydrogen-bond donors (Lipinski definition) is 1. The van der Waals surface area contributed by atoms with E-state index < -0.39 is 11.9 Å². The smallest absolute Gasteiger partial charge is 0.341 e. The fraction of sp³-hybridized carbons (Fsp3) is 0.304. The summed E-state index contributed by atoms with van der Waals surface area (Å²) in [6, 6.07) is 4.42. The van der Waals surface area contributed by atoms with Crippen LogP contribution in [0, 0.1) is 5.82 Å². The number of amides is 2. The molecule has 0 spiro atoms. The van der Waals surface area contributed by atoms with Gasteiger partial charge in [-0.05, 0) is 43.0 Å². The number of carbonyl (C=O) groups excluding carboxylic acids is 3. The van der Waals surface area contributed by atoms with Gasteiger partial charge >= 0.3 is 5.97 Å². The van der Waals surface area contributed by atoms with Crippen molar-refractivity contribution in [3.8, 4) is 0 Å². The van der Waals surface area contributed by atoms with E-state index in [1.165, 1.54) is 41.9 Å². The van der Waals surface area contributed by atoms with Crippen LogP contribution < -0.4 is 10.1 Å². The fourth-order valence-electron chi connectivity index (χ4n) is 3.78. The molecule has 7 nitrogen and oxygen atoms in total. The van der Waals surface area contributed by atoms with Gasteiger partial charge in [-0.3, -0.25) is 9.59 Å². The van der Waals surface area contributed by atoms with Gasteiger partial charge in [0, 0.05) is 11.4 Å². The predicted octanol–water partition coefficient (Wildman–Crippen LogP) is 4.16. The number of halogens is 1. The number of fused-ring (bicyclic) bond motifs is 2. The number of nitrogens with one attached hydrogen (secondary N) is 1. The number of carbonyl (C=O) groups is 3. The van der Waals surface area contributed by atoms with E-state index in [4.69, 9.17) is 4.74 Å². The molecule has 0 atom stereocenters. The topological polar surface area (TPSA) is 89.8 Å². The third-order valence-corrected chi connectivity index (χ3v) is 8.37. The lowest BCUT2D eigenvalue weighted by molar-refractivity contribution is -0.115. The minimum Gasteiger partial charge on any atom is -0.465 e. The Bertz CT molecular complexity index is 1360. The van der Waals surface area contributed by atoms with Gasteiger partial charge in [-0.15, -0.1) is 29.7 Å². The SMILES string of the molecule is C=CCn1c(=NC(=O)CSCC(=O)Nc2sc3c(c2C(=O)OC)CCC3)sc2cc(F)ccc21. The number of esters is 1. The molecule has 1 aliphatic carbocycles. The highest BCUT2D eigenvalue weighted by molar-refractivity contribution is 8.00. The van der Waals surface area contributed by atoms with Gasteiger partial charge in [-0.2, -0.15) is 4.99 Å². The molecule has 1 aliphatic rings. The molecule has 0 aliphatic heterocycles. The first-order valence-corrected chi connectivity index (χ1v) is 13.3. The Labute approximate surface area is 207 Å². The molecule has 2 amide bonds. The number of thiophene rings is 1. The Morgan fingerprint density at radius 2 is 2.12 bits per heavy atom. The molecule has 0 unspecified atom stereocenters. The summed E-state index contributed by atoms with van der Waals surface area (Å²) >= 11 is 3.77. The highest BCUT2D eigenvalue weighted by atomic mass is 32.2. The lowest BCUT2D eigenvalue weighted by atomic mass is 10.1. The van der Waals surface area contributed by atoms with E-state index in [0.717, 1.165) is 47.0 Å². The minimum absolute atomic E-state index is 0.00884. The number of aromatic nitrogens is 1. The summed E-state index contributed by atoms with van der Waals surface area (Å²) in [5.74, 6) is -1.46. The standard InChI is InChI=1S/C23H22FN3O4S3/c1-3-9-27-15-8-7-13(24)10-17(15)34-23(27)26-19(29)12-32-11-18(28)25-21-20(22(30)31-2)14-5-4-6-16(14)33-21/h3,7-8,10H,1,4-6,9,11-12H2,2H3,(H,25,28). The number of allylic oxidation sites excluding steroid dienone is 1. The largest absolute Gasteiger partial charge is 0.465 e. The molecule has 0 fully saturated rings. The molecule has 178 valence electrons. The first-order valence-electron chi connectivity index (χ1n) is 10.5. The van der Waals surface area contributed by atoms with Crippen molar-refractivity contribution < 1.29 is 23.5 Å². The van der Waals surface area contributed by atoms with Crippen molar-refractivity contribution in [1.29, 1.82) is 0 Å². The van der Waals surface area contributed by atoms with Gasteiger partial charge in [0.05, 0.1) is 34.4 Å². The number of hydrogen-bond acceptors (Lipinski definition) is 7. The van der Waals surface area contributed by atoms with Gasteiger partial charge in [0.15, 0.2) is 4.80 Å². The van der Waals surface area contributed by atoms with E-state index in [1.54, 1.807) is 16.7 Å². The number of aryl methyl sites for hydroxylation is 1. The average Bonchev–Trinajstić information content (AvgIpc) is 3.46. The first-order chi connectivity index (χ1) is 16.4. The van der Waals surface area contributed by atoms with E-state index in [9.17, 15) is 18.8 Å². The van der Waals surface area contributed by atoms with Gasteiger partial charge in [0.2, 0.25) is 5.91 Å². The molecular formula is C23H22FN3O4S3. The highest BCUT2D eigenvalue weighted by Gasteiger charge is 2.28. The molecule has 0 bridgehead atoms. The third-order valence-electron chi connectivity index (χ3n) is 5.20. The van der Waals surface area contributed by atoms with Crippen LogP contribution in [0.15, 0.2) is 35.8 Å². The van der Waals surface area contributed by atoms with E-state index in [1.807, 2.05) is 0 Å². The normalized spacial score (nSPS) is 13.2. The summed E-state index contributed by atoms with van der Waals surface area (Å²) in [5.41, 5.74) is 2.18. The molecule has 11 heteroatoms. The van der Waals surface area contributed by atoms with Crippen molar-refractivity contribution in [2.75, 3.05) is 23.9 Å². The summed E-state index contributed by atoms with van der Waals surface area (Å²) in [7, 11) is 1.32. The summed E-state index contributed by atoms with van der Waals surface area (Å²) in [4.78, 5) is 42.8. The molecule has 2 aromatic heterocycles. The Hall–Kier alpha value is -2.76. The molecule has 0 radical (unpaired) electrons. The van der Waals surface area contributed by atoms with Crippen LogP contribution in [0.5, 0.6) is 0 Å². The lowest BCUT2D eigenvalue weighted by Crippen LogP contribution is -2.19. The van der Waals surface area contributed by atoms with Gasteiger partial charge in [-0.1, -0.05) is 17.4 Å². The fourth-order valence-corrected chi connectivity index (χ4v) is 6.75. The summed E-state index contributed by atoms with van der Waals surface area (Å²) in [6.07, 6.45) is 4.36. The predicted molar refractivity (Wildman–Crippen MR) is 134 cm³/mol. The van der Waals surface area contributed by atoms with Gasteiger partial charge < -0.3 is 14.6 Å². The van der Waals surface area contributed by atoms with Crippen molar-refractivity contribution in [3.63, 3.8) is 0 Å². The number of nitrogens with zero attached hydrogens (tertiary/aromatic N) is 2. The van der Waals surface area contributed by atoms with E-state index in [2.05, 4.69) is 16.9 Å². The number of anilines is 1. The summed E-state index contributed by atoms with van der Waals surface area (Å²) in [5, 5.41) is 3.30. The molecule has 2 heterocycles. The first kappa shape index (κ1) is 24.4. The zero-order chi connectivity index (χ0) is 24.2. The maximum absolute atomic E-state index is 13.6. The number of thioether (sulfide) groups is 1. The quantitative estimate of drug-likeness (QED) is 0.357. The molecule has 1 aromatic carbocycles. The molecular weight excluding hydrogens is 497 g/mol. The maximum Gasteiger partial charge on any atom is 0.341 e. The Balaban J connectivity index is 1.40. The second-order valence-corrected chi connectivity index (χ2v) is 10.6. The van der Waals surface area contributed by atoms with E-state index in [0.29, 0.717) is 26.6 Å². The molecule has 0 saturated heterocycles. The number of ether oxygens (including phenoxy) is 1. The molecule has 34 heavy (non-hydrogen) atoms. The second kappa shape index (κ2) is 10.7. The van der Waals surface area contributed by atoms with E-state index in [-0.39, 0.29) is 23.2 Å². The van der Waals surface area contributed by atoms with Crippen LogP contribution in [-0.2, 0) is 33.7 Å².